The van der Waals surface area contributed by atoms with Crippen LogP contribution in [0.2, 0.25) is 5.15 Å². The zero-order chi connectivity index (χ0) is 28.9. The largest absolute Gasteiger partial charge is 0.366 e. The Morgan fingerprint density at radius 1 is 1.10 bits per heavy atom. The topological polar surface area (TPSA) is 167 Å². The molecule has 1 saturated carbocycles. The van der Waals surface area contributed by atoms with E-state index in [0.717, 1.165) is 25.7 Å². The first-order valence-corrected chi connectivity index (χ1v) is 13.7. The second-order valence-electron chi connectivity index (χ2n) is 10.1. The Hall–Kier alpha value is -4.70. The van der Waals surface area contributed by atoms with Crippen LogP contribution in [0.1, 0.15) is 62.5 Å². The van der Waals surface area contributed by atoms with Crippen LogP contribution in [0.15, 0.2) is 42.9 Å². The molecule has 1 aliphatic carbocycles. The number of pyridine rings is 1. The molecule has 0 aliphatic heterocycles. The quantitative estimate of drug-likeness (QED) is 0.213. The minimum Gasteiger partial charge on any atom is -0.366 e. The molecule has 4 aromatic heterocycles. The minimum absolute atomic E-state index is 0.0447. The lowest BCUT2D eigenvalue weighted by Gasteiger charge is -2.30. The fraction of sp³-hybridized carbons (Fsp3) is 0.370. The van der Waals surface area contributed by atoms with Gasteiger partial charge in [-0.05, 0) is 51.7 Å². The number of carbonyl (C=O) groups is 2. The molecule has 0 saturated heterocycles. The number of amides is 2. The van der Waals surface area contributed by atoms with Crippen molar-refractivity contribution in [3.63, 3.8) is 0 Å². The summed E-state index contributed by atoms with van der Waals surface area (Å²) >= 11 is 5.98. The van der Waals surface area contributed by atoms with E-state index in [1.807, 2.05) is 42.9 Å². The molecule has 4 N–H and O–H groups in total. The maximum atomic E-state index is 13.2. The van der Waals surface area contributed by atoms with E-state index in [2.05, 4.69) is 36.3 Å². The predicted octanol–water partition coefficient (Wildman–Crippen LogP) is 4.30. The van der Waals surface area contributed by atoms with Crippen molar-refractivity contribution in [1.29, 1.82) is 5.26 Å². The highest BCUT2D eigenvalue weighted by molar-refractivity contribution is 6.29. The van der Waals surface area contributed by atoms with Gasteiger partial charge in [0.15, 0.2) is 17.2 Å². The van der Waals surface area contributed by atoms with Gasteiger partial charge in [-0.3, -0.25) is 14.3 Å². The van der Waals surface area contributed by atoms with Gasteiger partial charge in [0.05, 0.1) is 18.0 Å². The van der Waals surface area contributed by atoms with Gasteiger partial charge in [-0.2, -0.15) is 10.4 Å². The fourth-order valence-electron chi connectivity index (χ4n) is 4.73. The van der Waals surface area contributed by atoms with Crippen LogP contribution in [0.3, 0.4) is 0 Å². The number of halogens is 1. The van der Waals surface area contributed by atoms with Crippen molar-refractivity contribution in [2.75, 3.05) is 16.0 Å². The van der Waals surface area contributed by atoms with Crippen molar-refractivity contribution in [1.82, 2.24) is 34.7 Å². The highest BCUT2D eigenvalue weighted by atomic mass is 35.5. The SMILES string of the molecule is CC(C)n1ccc(Nc2cc(N[C@H]3CC[C@H](NC(=O)CC#N)CC3)nn3c(C(=O)Nc4ccnc(Cl)c4)cnc23)n1. The van der Waals surface area contributed by atoms with Crippen molar-refractivity contribution in [2.24, 2.45) is 0 Å². The molecule has 0 spiro atoms. The van der Waals surface area contributed by atoms with Crippen LogP contribution >= 0.6 is 11.6 Å². The van der Waals surface area contributed by atoms with Crippen molar-refractivity contribution < 1.29 is 9.59 Å². The summed E-state index contributed by atoms with van der Waals surface area (Å²) in [6.45, 7) is 4.09. The molecule has 0 atom stereocenters. The lowest BCUT2D eigenvalue weighted by molar-refractivity contribution is -0.121. The molecule has 2 amide bonds. The summed E-state index contributed by atoms with van der Waals surface area (Å²) < 4.78 is 3.34. The summed E-state index contributed by atoms with van der Waals surface area (Å²) in [5, 5.41) is 30.8. The maximum absolute atomic E-state index is 13.2. The summed E-state index contributed by atoms with van der Waals surface area (Å²) in [6.07, 6.45) is 7.90. The first-order chi connectivity index (χ1) is 19.8. The van der Waals surface area contributed by atoms with Gasteiger partial charge in [-0.25, -0.2) is 14.5 Å². The number of aromatic nitrogens is 6. The van der Waals surface area contributed by atoms with E-state index in [1.165, 1.54) is 16.9 Å². The Labute approximate surface area is 241 Å². The molecular formula is C27H30ClN11O2. The van der Waals surface area contributed by atoms with E-state index in [0.29, 0.717) is 28.7 Å². The van der Waals surface area contributed by atoms with E-state index in [1.54, 1.807) is 12.1 Å². The third-order valence-electron chi connectivity index (χ3n) is 6.77. The Bertz CT molecular complexity index is 1600. The molecule has 4 heterocycles. The summed E-state index contributed by atoms with van der Waals surface area (Å²) in [5.41, 5.74) is 1.81. The number of nitriles is 1. The van der Waals surface area contributed by atoms with Crippen LogP contribution in [0, 0.1) is 11.3 Å². The zero-order valence-electron chi connectivity index (χ0n) is 22.6. The normalized spacial score (nSPS) is 16.8. The molecule has 5 rings (SSSR count). The van der Waals surface area contributed by atoms with Crippen LogP contribution in [-0.2, 0) is 4.79 Å². The summed E-state index contributed by atoms with van der Waals surface area (Å²) in [5.74, 6) is 0.533. The molecule has 1 aliphatic rings. The standard InChI is InChI=1S/C27H30ClN11O2/c1-16(2)38-12-9-23(36-38)35-20-14-24(32-17-3-5-18(6-4-17)33-25(40)7-10-29)37-39-21(15-31-26(20)39)27(41)34-19-8-11-30-22(28)13-19/h8-9,11-18H,3-7H2,1-2H3,(H,32,37)(H,33,40)(H,35,36)(H,30,34,41)/t17-,18-. The predicted molar refractivity (Wildman–Crippen MR) is 154 cm³/mol. The number of imidazole rings is 1. The summed E-state index contributed by atoms with van der Waals surface area (Å²) in [4.78, 5) is 33.5. The third-order valence-corrected chi connectivity index (χ3v) is 6.98. The molecule has 14 heteroatoms. The van der Waals surface area contributed by atoms with Crippen molar-refractivity contribution in [3.8, 4) is 6.07 Å². The molecule has 41 heavy (non-hydrogen) atoms. The third kappa shape index (κ3) is 6.72. The molecule has 0 bridgehead atoms. The van der Waals surface area contributed by atoms with Gasteiger partial charge in [0.1, 0.15) is 17.4 Å². The second kappa shape index (κ2) is 12.2. The number of nitrogens with zero attached hydrogens (tertiary/aromatic N) is 7. The molecular weight excluding hydrogens is 546 g/mol. The highest BCUT2D eigenvalue weighted by Gasteiger charge is 2.24. The molecule has 0 radical (unpaired) electrons. The minimum atomic E-state index is -0.409. The number of carbonyl (C=O) groups excluding carboxylic acids is 2. The van der Waals surface area contributed by atoms with Gasteiger partial charge < -0.3 is 21.3 Å². The summed E-state index contributed by atoms with van der Waals surface area (Å²) in [6, 6.07) is 9.15. The number of anilines is 4. The lowest BCUT2D eigenvalue weighted by Crippen LogP contribution is -2.40. The molecule has 4 aromatic rings. The average Bonchev–Trinajstić information content (AvgIpc) is 3.58. The highest BCUT2D eigenvalue weighted by Crippen LogP contribution is 2.27. The summed E-state index contributed by atoms with van der Waals surface area (Å²) in [7, 11) is 0. The number of fused-ring (bicyclic) bond motifs is 1. The van der Waals surface area contributed by atoms with E-state index in [-0.39, 0.29) is 41.3 Å². The van der Waals surface area contributed by atoms with Crippen LogP contribution in [0.5, 0.6) is 0 Å². The Morgan fingerprint density at radius 2 is 1.88 bits per heavy atom. The molecule has 0 unspecified atom stereocenters. The van der Waals surface area contributed by atoms with Gasteiger partial charge in [0, 0.05) is 48.3 Å². The van der Waals surface area contributed by atoms with Gasteiger partial charge in [-0.15, -0.1) is 5.10 Å². The van der Waals surface area contributed by atoms with Crippen LogP contribution < -0.4 is 21.3 Å². The number of hydrogen-bond acceptors (Lipinski definition) is 9. The van der Waals surface area contributed by atoms with E-state index in [9.17, 15) is 9.59 Å². The maximum Gasteiger partial charge on any atom is 0.276 e. The number of hydrogen-bond donors (Lipinski definition) is 4. The lowest BCUT2D eigenvalue weighted by atomic mass is 9.91. The smallest absolute Gasteiger partial charge is 0.276 e. The number of rotatable bonds is 9. The van der Waals surface area contributed by atoms with Gasteiger partial charge in [0.25, 0.3) is 5.91 Å². The van der Waals surface area contributed by atoms with Gasteiger partial charge in [0.2, 0.25) is 5.91 Å². The first-order valence-electron chi connectivity index (χ1n) is 13.4. The second-order valence-corrected chi connectivity index (χ2v) is 10.5. The van der Waals surface area contributed by atoms with Crippen molar-refractivity contribution in [2.45, 2.75) is 64.1 Å². The fourth-order valence-corrected chi connectivity index (χ4v) is 4.91. The number of nitrogens with one attached hydrogen (secondary N) is 4. The zero-order valence-corrected chi connectivity index (χ0v) is 23.4. The van der Waals surface area contributed by atoms with Crippen molar-refractivity contribution >= 4 is 52.1 Å². The van der Waals surface area contributed by atoms with E-state index in [4.69, 9.17) is 22.0 Å². The van der Waals surface area contributed by atoms with Crippen molar-refractivity contribution in [3.05, 3.63) is 53.7 Å². The monoisotopic (exact) mass is 575 g/mol. The van der Waals surface area contributed by atoms with Crippen LogP contribution in [0.25, 0.3) is 5.65 Å². The molecule has 212 valence electrons. The first kappa shape index (κ1) is 27.9. The molecule has 0 aromatic carbocycles. The Balaban J connectivity index is 1.40. The van der Waals surface area contributed by atoms with Crippen LogP contribution in [-0.4, -0.2) is 53.3 Å². The molecule has 1 fully saturated rings. The molecule has 13 nitrogen and oxygen atoms in total. The van der Waals surface area contributed by atoms with E-state index < -0.39 is 5.91 Å². The average molecular weight is 576 g/mol. The van der Waals surface area contributed by atoms with Gasteiger partial charge >= 0.3 is 0 Å². The van der Waals surface area contributed by atoms with E-state index >= 15 is 0 Å². The van der Waals surface area contributed by atoms with Gasteiger partial charge in [-0.1, -0.05) is 11.6 Å². The Morgan fingerprint density at radius 3 is 2.59 bits per heavy atom. The van der Waals surface area contributed by atoms with Crippen LogP contribution in [0.4, 0.5) is 23.0 Å². The Kier molecular flexibility index (Phi) is 8.30.